The number of ether oxygens (including phenoxy) is 1. The lowest BCUT2D eigenvalue weighted by Gasteiger charge is -2.12. The summed E-state index contributed by atoms with van der Waals surface area (Å²) in [5, 5.41) is 0. The summed E-state index contributed by atoms with van der Waals surface area (Å²) in [6.07, 6.45) is 0. The van der Waals surface area contributed by atoms with Crippen molar-refractivity contribution in [1.29, 1.82) is 0 Å². The molecule has 0 saturated carbocycles. The molecule has 0 aromatic heterocycles. The van der Waals surface area contributed by atoms with Gasteiger partial charge in [-0.2, -0.15) is 0 Å². The van der Waals surface area contributed by atoms with E-state index in [0.29, 0.717) is 12.5 Å². The van der Waals surface area contributed by atoms with Crippen molar-refractivity contribution >= 4 is 21.6 Å². The summed E-state index contributed by atoms with van der Waals surface area (Å²) in [6, 6.07) is 14.0. The lowest BCUT2D eigenvalue weighted by molar-refractivity contribution is 0.306. The second kappa shape index (κ2) is 6.11. The van der Waals surface area contributed by atoms with Gasteiger partial charge < -0.3 is 10.5 Å². The highest BCUT2D eigenvalue weighted by Crippen LogP contribution is 2.25. The molecule has 0 amide bonds. The number of nitrogens with two attached hydrogens (primary N) is 1. The molecule has 0 bridgehead atoms. The number of nitrogen functional groups attached to an aromatic ring is 1. The second-order valence-corrected chi connectivity index (χ2v) is 5.68. The van der Waals surface area contributed by atoms with Crippen LogP contribution in [0.3, 0.4) is 0 Å². The third-order valence-corrected chi connectivity index (χ3v) is 3.81. The quantitative estimate of drug-likeness (QED) is 0.826. The van der Waals surface area contributed by atoms with E-state index in [4.69, 9.17) is 10.5 Å². The molecule has 100 valence electrons. The molecule has 0 aliphatic heterocycles. The van der Waals surface area contributed by atoms with E-state index in [0.717, 1.165) is 21.5 Å². The molecule has 0 heterocycles. The predicted molar refractivity (Wildman–Crippen MR) is 83.4 cm³/mol. The summed E-state index contributed by atoms with van der Waals surface area (Å²) in [4.78, 5) is 0. The zero-order chi connectivity index (χ0) is 13.8. The fourth-order valence-electron chi connectivity index (χ4n) is 1.85. The van der Waals surface area contributed by atoms with Crippen LogP contribution in [0.4, 0.5) is 5.69 Å². The van der Waals surface area contributed by atoms with Gasteiger partial charge in [0.2, 0.25) is 0 Å². The first-order chi connectivity index (χ1) is 9.08. The van der Waals surface area contributed by atoms with Gasteiger partial charge in [-0.25, -0.2) is 0 Å². The largest absolute Gasteiger partial charge is 0.489 e. The van der Waals surface area contributed by atoms with E-state index in [1.165, 1.54) is 5.56 Å². The number of hydrogen-bond acceptors (Lipinski definition) is 2. The summed E-state index contributed by atoms with van der Waals surface area (Å²) in [5.74, 6) is 1.37. The second-order valence-electron chi connectivity index (χ2n) is 4.82. The van der Waals surface area contributed by atoms with Crippen LogP contribution >= 0.6 is 15.9 Å². The van der Waals surface area contributed by atoms with Gasteiger partial charge in [0.1, 0.15) is 12.4 Å². The molecular formula is C16H18BrNO. The van der Waals surface area contributed by atoms with Gasteiger partial charge in [0.25, 0.3) is 0 Å². The summed E-state index contributed by atoms with van der Waals surface area (Å²) >= 11 is 3.50. The van der Waals surface area contributed by atoms with Crippen LogP contribution in [0.5, 0.6) is 5.75 Å². The SMILES string of the molecule is CC(C)c1cccc(OCc2c(N)cccc2Br)c1. The third kappa shape index (κ3) is 3.51. The molecule has 2 aromatic carbocycles. The average molecular weight is 320 g/mol. The molecule has 2 rings (SSSR count). The topological polar surface area (TPSA) is 35.2 Å². The van der Waals surface area contributed by atoms with Crippen molar-refractivity contribution in [2.75, 3.05) is 5.73 Å². The van der Waals surface area contributed by atoms with Crippen LogP contribution in [0.2, 0.25) is 0 Å². The minimum atomic E-state index is 0.467. The highest BCUT2D eigenvalue weighted by molar-refractivity contribution is 9.10. The Bertz CT molecular complexity index is 546. The minimum absolute atomic E-state index is 0.467. The van der Waals surface area contributed by atoms with Crippen LogP contribution in [-0.4, -0.2) is 0 Å². The van der Waals surface area contributed by atoms with Gasteiger partial charge in [-0.1, -0.05) is 48.0 Å². The Morgan fingerprint density at radius 2 is 1.89 bits per heavy atom. The number of halogens is 1. The van der Waals surface area contributed by atoms with Gasteiger partial charge in [0, 0.05) is 15.7 Å². The molecule has 0 spiro atoms. The Balaban J connectivity index is 2.12. The van der Waals surface area contributed by atoms with Gasteiger partial charge in [-0.05, 0) is 35.7 Å². The first-order valence-electron chi connectivity index (χ1n) is 6.33. The van der Waals surface area contributed by atoms with E-state index >= 15 is 0 Å². The van der Waals surface area contributed by atoms with E-state index < -0.39 is 0 Å². The Hall–Kier alpha value is -1.48. The van der Waals surface area contributed by atoms with Crippen LogP contribution < -0.4 is 10.5 Å². The zero-order valence-corrected chi connectivity index (χ0v) is 12.8. The van der Waals surface area contributed by atoms with Gasteiger partial charge >= 0.3 is 0 Å². The van der Waals surface area contributed by atoms with Crippen molar-refractivity contribution in [3.05, 3.63) is 58.1 Å². The van der Waals surface area contributed by atoms with Crippen LogP contribution in [0, 0.1) is 0 Å². The summed E-state index contributed by atoms with van der Waals surface area (Å²) in [7, 11) is 0. The molecule has 19 heavy (non-hydrogen) atoms. The Kier molecular flexibility index (Phi) is 4.48. The van der Waals surface area contributed by atoms with E-state index in [1.54, 1.807) is 0 Å². The van der Waals surface area contributed by atoms with Gasteiger partial charge in [0.15, 0.2) is 0 Å². The maximum atomic E-state index is 5.95. The first kappa shape index (κ1) is 13.9. The lowest BCUT2D eigenvalue weighted by Crippen LogP contribution is -2.01. The molecule has 0 saturated heterocycles. The summed E-state index contributed by atoms with van der Waals surface area (Å²) in [5.41, 5.74) is 8.96. The monoisotopic (exact) mass is 319 g/mol. The van der Waals surface area contributed by atoms with Crippen molar-refractivity contribution < 1.29 is 4.74 Å². The minimum Gasteiger partial charge on any atom is -0.489 e. The summed E-state index contributed by atoms with van der Waals surface area (Å²) < 4.78 is 6.81. The van der Waals surface area contributed by atoms with Crippen LogP contribution in [0.25, 0.3) is 0 Å². The van der Waals surface area contributed by atoms with Gasteiger partial charge in [-0.15, -0.1) is 0 Å². The number of anilines is 1. The molecule has 2 nitrogen and oxygen atoms in total. The number of hydrogen-bond donors (Lipinski definition) is 1. The van der Waals surface area contributed by atoms with Crippen molar-refractivity contribution in [2.24, 2.45) is 0 Å². The Morgan fingerprint density at radius 3 is 2.58 bits per heavy atom. The van der Waals surface area contributed by atoms with E-state index in [1.807, 2.05) is 30.3 Å². The van der Waals surface area contributed by atoms with E-state index in [2.05, 4.69) is 41.9 Å². The lowest BCUT2D eigenvalue weighted by atomic mass is 10.0. The fraction of sp³-hybridized carbons (Fsp3) is 0.250. The van der Waals surface area contributed by atoms with Crippen molar-refractivity contribution in [3.8, 4) is 5.75 Å². The van der Waals surface area contributed by atoms with Crippen molar-refractivity contribution in [3.63, 3.8) is 0 Å². The van der Waals surface area contributed by atoms with Gasteiger partial charge in [0.05, 0.1) is 0 Å². The standard InChI is InChI=1S/C16H18BrNO/c1-11(2)12-5-3-6-13(9-12)19-10-14-15(17)7-4-8-16(14)18/h3-9,11H,10,18H2,1-2H3. The molecule has 2 N–H and O–H groups in total. The maximum Gasteiger partial charge on any atom is 0.120 e. The molecule has 2 aromatic rings. The van der Waals surface area contributed by atoms with Crippen LogP contribution in [0.15, 0.2) is 46.9 Å². The zero-order valence-electron chi connectivity index (χ0n) is 11.2. The molecule has 3 heteroatoms. The molecule has 0 radical (unpaired) electrons. The fourth-order valence-corrected chi connectivity index (χ4v) is 2.34. The predicted octanol–water partition coefficient (Wildman–Crippen LogP) is 4.73. The number of rotatable bonds is 4. The molecular weight excluding hydrogens is 302 g/mol. The average Bonchev–Trinajstić information content (AvgIpc) is 2.38. The van der Waals surface area contributed by atoms with E-state index in [9.17, 15) is 0 Å². The molecule has 0 unspecified atom stereocenters. The highest BCUT2D eigenvalue weighted by atomic mass is 79.9. The first-order valence-corrected chi connectivity index (χ1v) is 7.13. The smallest absolute Gasteiger partial charge is 0.120 e. The summed E-state index contributed by atoms with van der Waals surface area (Å²) in [6.45, 7) is 4.81. The molecule has 0 fully saturated rings. The molecule has 0 aliphatic rings. The Labute approximate surface area is 122 Å². The molecule has 0 atom stereocenters. The third-order valence-electron chi connectivity index (χ3n) is 3.06. The molecule has 0 aliphatic carbocycles. The van der Waals surface area contributed by atoms with Crippen LogP contribution in [-0.2, 0) is 6.61 Å². The van der Waals surface area contributed by atoms with Crippen molar-refractivity contribution in [1.82, 2.24) is 0 Å². The number of benzene rings is 2. The Morgan fingerprint density at radius 1 is 1.16 bits per heavy atom. The highest BCUT2D eigenvalue weighted by Gasteiger charge is 2.06. The normalized spacial score (nSPS) is 10.7. The van der Waals surface area contributed by atoms with Crippen molar-refractivity contribution in [2.45, 2.75) is 26.4 Å². The maximum absolute atomic E-state index is 5.95. The van der Waals surface area contributed by atoms with E-state index in [-0.39, 0.29) is 0 Å². The van der Waals surface area contributed by atoms with Gasteiger partial charge in [-0.3, -0.25) is 0 Å². The van der Waals surface area contributed by atoms with Crippen LogP contribution in [0.1, 0.15) is 30.9 Å².